The normalized spacial score (nSPS) is 38.1. The second-order valence-electron chi connectivity index (χ2n) is 7.08. The summed E-state index contributed by atoms with van der Waals surface area (Å²) in [6.07, 6.45) is 7.48. The van der Waals surface area contributed by atoms with Crippen molar-refractivity contribution in [2.24, 2.45) is 17.8 Å². The SMILES string of the molecule is CNC(C)(C)COC1CC2CC(C)CC(C2)C1. The number of likely N-dealkylation sites (N-methyl/N-ethyl adjacent to an activating group) is 1. The molecule has 0 aromatic rings. The van der Waals surface area contributed by atoms with E-state index in [0.29, 0.717) is 6.10 Å². The number of hydrogen-bond donors (Lipinski definition) is 1. The van der Waals surface area contributed by atoms with Crippen molar-refractivity contribution in [1.29, 1.82) is 0 Å². The summed E-state index contributed by atoms with van der Waals surface area (Å²) in [7, 11) is 2.01. The number of nitrogens with one attached hydrogen (secondary N) is 1. The summed E-state index contributed by atoms with van der Waals surface area (Å²) in [5.74, 6) is 2.84. The third-order valence-corrected chi connectivity index (χ3v) is 4.69. The zero-order valence-corrected chi connectivity index (χ0v) is 12.0. The molecule has 2 aliphatic carbocycles. The van der Waals surface area contributed by atoms with Gasteiger partial charge in [0.15, 0.2) is 0 Å². The van der Waals surface area contributed by atoms with Crippen LogP contribution in [0.1, 0.15) is 52.9 Å². The second kappa shape index (κ2) is 5.27. The Bertz CT molecular complexity index is 233. The first-order valence-corrected chi connectivity index (χ1v) is 7.29. The summed E-state index contributed by atoms with van der Waals surface area (Å²) in [5, 5.41) is 3.31. The fraction of sp³-hybridized carbons (Fsp3) is 1.00. The molecule has 2 fully saturated rings. The highest BCUT2D eigenvalue weighted by Crippen LogP contribution is 2.43. The van der Waals surface area contributed by atoms with Crippen LogP contribution < -0.4 is 5.32 Å². The van der Waals surface area contributed by atoms with Gasteiger partial charge in [0.2, 0.25) is 0 Å². The van der Waals surface area contributed by atoms with Gasteiger partial charge >= 0.3 is 0 Å². The van der Waals surface area contributed by atoms with Crippen molar-refractivity contribution in [3.05, 3.63) is 0 Å². The Morgan fingerprint density at radius 2 is 1.65 bits per heavy atom. The molecule has 2 nitrogen and oxygen atoms in total. The van der Waals surface area contributed by atoms with Crippen LogP contribution in [0.4, 0.5) is 0 Å². The smallest absolute Gasteiger partial charge is 0.0646 e. The van der Waals surface area contributed by atoms with E-state index >= 15 is 0 Å². The van der Waals surface area contributed by atoms with Crippen molar-refractivity contribution in [2.45, 2.75) is 64.5 Å². The number of hydrogen-bond acceptors (Lipinski definition) is 2. The Labute approximate surface area is 107 Å². The summed E-state index contributed by atoms with van der Waals surface area (Å²) in [6.45, 7) is 7.67. The first-order valence-electron chi connectivity index (χ1n) is 7.29. The zero-order chi connectivity index (χ0) is 12.5. The first kappa shape index (κ1) is 13.4. The van der Waals surface area contributed by atoms with Crippen molar-refractivity contribution in [1.82, 2.24) is 5.32 Å². The van der Waals surface area contributed by atoms with E-state index in [4.69, 9.17) is 4.74 Å². The van der Waals surface area contributed by atoms with Gasteiger partial charge in [-0.25, -0.2) is 0 Å². The van der Waals surface area contributed by atoms with Gasteiger partial charge in [-0.1, -0.05) is 6.92 Å². The van der Waals surface area contributed by atoms with Crippen LogP contribution in [0.3, 0.4) is 0 Å². The van der Waals surface area contributed by atoms with Gasteiger partial charge in [0.1, 0.15) is 0 Å². The molecule has 0 aliphatic heterocycles. The van der Waals surface area contributed by atoms with Crippen LogP contribution >= 0.6 is 0 Å². The molecule has 0 spiro atoms. The van der Waals surface area contributed by atoms with Crippen LogP contribution in [0.2, 0.25) is 0 Å². The lowest BCUT2D eigenvalue weighted by molar-refractivity contribution is -0.0426. The van der Waals surface area contributed by atoms with Crippen LogP contribution in [-0.2, 0) is 4.74 Å². The van der Waals surface area contributed by atoms with Gasteiger partial charge in [-0.05, 0) is 70.8 Å². The minimum atomic E-state index is 0.111. The highest BCUT2D eigenvalue weighted by atomic mass is 16.5. The Balaban J connectivity index is 1.80. The Morgan fingerprint density at radius 3 is 2.18 bits per heavy atom. The van der Waals surface area contributed by atoms with E-state index in [9.17, 15) is 0 Å². The van der Waals surface area contributed by atoms with E-state index in [1.165, 1.54) is 32.1 Å². The molecular weight excluding hydrogens is 210 g/mol. The molecule has 0 saturated heterocycles. The van der Waals surface area contributed by atoms with Crippen LogP contribution in [-0.4, -0.2) is 25.3 Å². The molecule has 2 heteroatoms. The average molecular weight is 239 g/mol. The van der Waals surface area contributed by atoms with Crippen molar-refractivity contribution in [2.75, 3.05) is 13.7 Å². The van der Waals surface area contributed by atoms with Crippen molar-refractivity contribution in [3.8, 4) is 0 Å². The fourth-order valence-electron chi connectivity index (χ4n) is 3.66. The minimum absolute atomic E-state index is 0.111. The highest BCUT2D eigenvalue weighted by molar-refractivity contribution is 4.86. The average Bonchev–Trinajstić information content (AvgIpc) is 2.25. The predicted molar refractivity (Wildman–Crippen MR) is 72.1 cm³/mol. The number of fused-ring (bicyclic) bond motifs is 2. The molecule has 2 atom stereocenters. The maximum absolute atomic E-state index is 6.15. The molecule has 0 radical (unpaired) electrons. The molecule has 2 aliphatic rings. The molecule has 17 heavy (non-hydrogen) atoms. The van der Waals surface area contributed by atoms with Gasteiger partial charge < -0.3 is 10.1 Å². The largest absolute Gasteiger partial charge is 0.376 e. The predicted octanol–water partition coefficient (Wildman–Crippen LogP) is 3.22. The summed E-state index contributed by atoms with van der Waals surface area (Å²) < 4.78 is 6.15. The monoisotopic (exact) mass is 239 g/mol. The van der Waals surface area contributed by atoms with Crippen LogP contribution in [0.15, 0.2) is 0 Å². The van der Waals surface area contributed by atoms with Crippen LogP contribution in [0.25, 0.3) is 0 Å². The zero-order valence-electron chi connectivity index (χ0n) is 12.0. The highest BCUT2D eigenvalue weighted by Gasteiger charge is 2.35. The molecule has 0 aromatic heterocycles. The van der Waals surface area contributed by atoms with Gasteiger partial charge in [0.05, 0.1) is 12.7 Å². The van der Waals surface area contributed by atoms with Crippen molar-refractivity contribution in [3.63, 3.8) is 0 Å². The van der Waals surface area contributed by atoms with E-state index in [-0.39, 0.29) is 5.54 Å². The van der Waals surface area contributed by atoms with Gasteiger partial charge in [-0.2, -0.15) is 0 Å². The van der Waals surface area contributed by atoms with Gasteiger partial charge in [-0.15, -0.1) is 0 Å². The summed E-state index contributed by atoms with van der Waals surface area (Å²) in [5.41, 5.74) is 0.111. The van der Waals surface area contributed by atoms with E-state index in [1.807, 2.05) is 7.05 Å². The van der Waals surface area contributed by atoms with Gasteiger partial charge in [0.25, 0.3) is 0 Å². The molecule has 0 amide bonds. The molecule has 2 bridgehead atoms. The van der Waals surface area contributed by atoms with E-state index in [2.05, 4.69) is 26.1 Å². The minimum Gasteiger partial charge on any atom is -0.376 e. The molecule has 2 saturated carbocycles. The van der Waals surface area contributed by atoms with Crippen molar-refractivity contribution < 1.29 is 4.74 Å². The maximum Gasteiger partial charge on any atom is 0.0646 e. The fourth-order valence-corrected chi connectivity index (χ4v) is 3.66. The molecule has 100 valence electrons. The molecular formula is C15H29NO. The van der Waals surface area contributed by atoms with Crippen LogP contribution in [0, 0.1) is 17.8 Å². The van der Waals surface area contributed by atoms with Crippen molar-refractivity contribution >= 4 is 0 Å². The molecule has 1 N–H and O–H groups in total. The number of ether oxygens (including phenoxy) is 1. The Kier molecular flexibility index (Phi) is 4.14. The van der Waals surface area contributed by atoms with Crippen LogP contribution in [0.5, 0.6) is 0 Å². The van der Waals surface area contributed by atoms with E-state index in [1.54, 1.807) is 0 Å². The summed E-state index contributed by atoms with van der Waals surface area (Å²) >= 11 is 0. The molecule has 2 rings (SSSR count). The second-order valence-corrected chi connectivity index (χ2v) is 7.08. The van der Waals surface area contributed by atoms with E-state index < -0.39 is 0 Å². The molecule has 2 unspecified atom stereocenters. The Hall–Kier alpha value is -0.0800. The third kappa shape index (κ3) is 3.69. The maximum atomic E-state index is 6.15. The van der Waals surface area contributed by atoms with Gasteiger partial charge in [-0.3, -0.25) is 0 Å². The third-order valence-electron chi connectivity index (χ3n) is 4.69. The number of rotatable bonds is 4. The lowest BCUT2D eigenvalue weighted by atomic mass is 9.67. The lowest BCUT2D eigenvalue weighted by Gasteiger charge is -2.42. The standard InChI is InChI=1S/C15H29NO/c1-11-5-12-7-13(6-11)9-14(8-12)17-10-15(2,3)16-4/h11-14,16H,5-10H2,1-4H3. The first-order chi connectivity index (χ1) is 7.98. The molecule has 0 heterocycles. The topological polar surface area (TPSA) is 21.3 Å². The molecule has 0 aromatic carbocycles. The van der Waals surface area contributed by atoms with Gasteiger partial charge in [0, 0.05) is 5.54 Å². The quantitative estimate of drug-likeness (QED) is 0.813. The Morgan fingerprint density at radius 1 is 1.06 bits per heavy atom. The lowest BCUT2D eigenvalue weighted by Crippen LogP contribution is -2.43. The summed E-state index contributed by atoms with van der Waals surface area (Å²) in [4.78, 5) is 0. The summed E-state index contributed by atoms with van der Waals surface area (Å²) in [6, 6.07) is 0. The van der Waals surface area contributed by atoms with E-state index in [0.717, 1.165) is 24.4 Å².